The minimum Gasteiger partial charge on any atom is -0.496 e. The summed E-state index contributed by atoms with van der Waals surface area (Å²) < 4.78 is 5.38. The van der Waals surface area contributed by atoms with Crippen molar-refractivity contribution in [3.05, 3.63) is 29.8 Å². The van der Waals surface area contributed by atoms with Gasteiger partial charge in [-0.3, -0.25) is 0 Å². The first-order valence-corrected chi connectivity index (χ1v) is 6.74. The zero-order valence-electron chi connectivity index (χ0n) is 11.5. The Morgan fingerprint density at radius 2 is 1.94 bits per heavy atom. The van der Waals surface area contributed by atoms with E-state index >= 15 is 0 Å². The summed E-state index contributed by atoms with van der Waals surface area (Å²) in [6, 6.07) is 8.27. The number of ether oxygens (including phenoxy) is 1. The first-order chi connectivity index (χ1) is 8.61. The zero-order valence-corrected chi connectivity index (χ0v) is 11.5. The molecule has 1 aliphatic rings. The van der Waals surface area contributed by atoms with E-state index in [1.165, 1.54) is 5.56 Å². The van der Waals surface area contributed by atoms with E-state index in [0.717, 1.165) is 44.6 Å². The van der Waals surface area contributed by atoms with Gasteiger partial charge in [-0.25, -0.2) is 0 Å². The van der Waals surface area contributed by atoms with Crippen LogP contribution >= 0.6 is 0 Å². The quantitative estimate of drug-likeness (QED) is 0.886. The lowest BCUT2D eigenvalue weighted by Gasteiger charge is -2.36. The van der Waals surface area contributed by atoms with Gasteiger partial charge in [0.1, 0.15) is 5.75 Å². The van der Waals surface area contributed by atoms with Crippen molar-refractivity contribution < 1.29 is 4.74 Å². The highest BCUT2D eigenvalue weighted by atomic mass is 16.5. The summed E-state index contributed by atoms with van der Waals surface area (Å²) in [6.45, 7) is 5.48. The number of methoxy groups -OCH3 is 1. The van der Waals surface area contributed by atoms with Crippen LogP contribution in [0.2, 0.25) is 0 Å². The predicted molar refractivity (Wildman–Crippen MR) is 75.0 cm³/mol. The van der Waals surface area contributed by atoms with Crippen molar-refractivity contribution in [3.8, 4) is 5.75 Å². The van der Waals surface area contributed by atoms with Gasteiger partial charge in [0, 0.05) is 12.1 Å². The molecule has 0 spiro atoms. The molecule has 100 valence electrons. The number of likely N-dealkylation sites (tertiary alicyclic amines) is 1. The zero-order chi connectivity index (χ0) is 13.0. The topological polar surface area (TPSA) is 38.5 Å². The highest BCUT2D eigenvalue weighted by Crippen LogP contribution is 2.21. The second-order valence-corrected chi connectivity index (χ2v) is 5.56. The third-order valence-electron chi connectivity index (χ3n) is 3.89. The number of hydrogen-bond donors (Lipinski definition) is 1. The Labute approximate surface area is 110 Å². The molecule has 0 bridgehead atoms. The van der Waals surface area contributed by atoms with Gasteiger partial charge in [0.15, 0.2) is 0 Å². The monoisotopic (exact) mass is 248 g/mol. The summed E-state index contributed by atoms with van der Waals surface area (Å²) in [5.74, 6) is 0.998. The van der Waals surface area contributed by atoms with Gasteiger partial charge in [-0.2, -0.15) is 0 Å². The van der Waals surface area contributed by atoms with Crippen LogP contribution in [0.4, 0.5) is 0 Å². The molecule has 0 amide bonds. The molecule has 0 radical (unpaired) electrons. The van der Waals surface area contributed by atoms with Gasteiger partial charge in [0.25, 0.3) is 0 Å². The second kappa shape index (κ2) is 5.72. The van der Waals surface area contributed by atoms with Crippen molar-refractivity contribution in [3.63, 3.8) is 0 Å². The Bertz CT molecular complexity index is 380. The molecule has 2 N–H and O–H groups in total. The Hall–Kier alpha value is -1.06. The summed E-state index contributed by atoms with van der Waals surface area (Å²) >= 11 is 0. The van der Waals surface area contributed by atoms with Crippen molar-refractivity contribution >= 4 is 0 Å². The normalized spacial score (nSPS) is 19.7. The number of benzene rings is 1. The van der Waals surface area contributed by atoms with Crippen LogP contribution in [-0.2, 0) is 6.42 Å². The minimum atomic E-state index is 0.0426. The maximum Gasteiger partial charge on any atom is 0.122 e. The van der Waals surface area contributed by atoms with Gasteiger partial charge < -0.3 is 15.4 Å². The van der Waals surface area contributed by atoms with E-state index in [-0.39, 0.29) is 5.54 Å². The molecule has 0 aromatic heterocycles. The first kappa shape index (κ1) is 13.4. The summed E-state index contributed by atoms with van der Waals surface area (Å²) in [5.41, 5.74) is 7.48. The van der Waals surface area contributed by atoms with Gasteiger partial charge in [0.2, 0.25) is 0 Å². The van der Waals surface area contributed by atoms with Crippen LogP contribution in [0.3, 0.4) is 0 Å². The Morgan fingerprint density at radius 3 is 2.61 bits per heavy atom. The van der Waals surface area contributed by atoms with E-state index in [1.54, 1.807) is 7.11 Å². The van der Waals surface area contributed by atoms with Crippen molar-refractivity contribution in [1.29, 1.82) is 0 Å². The van der Waals surface area contributed by atoms with Crippen LogP contribution in [0.1, 0.15) is 25.3 Å². The molecule has 1 aromatic rings. The maximum absolute atomic E-state index is 6.15. The minimum absolute atomic E-state index is 0.0426. The fraction of sp³-hybridized carbons (Fsp3) is 0.600. The van der Waals surface area contributed by atoms with Crippen LogP contribution in [0.25, 0.3) is 0 Å². The van der Waals surface area contributed by atoms with Crippen molar-refractivity contribution in [1.82, 2.24) is 4.90 Å². The summed E-state index contributed by atoms with van der Waals surface area (Å²) in [7, 11) is 1.74. The van der Waals surface area contributed by atoms with E-state index in [4.69, 9.17) is 10.5 Å². The SMILES string of the molecule is COc1ccccc1CCN1CCC(C)(N)CC1. The summed E-state index contributed by atoms with van der Waals surface area (Å²) in [4.78, 5) is 2.50. The lowest BCUT2D eigenvalue weighted by molar-refractivity contribution is 0.173. The molecule has 3 heteroatoms. The molecule has 1 heterocycles. The van der Waals surface area contributed by atoms with E-state index in [1.807, 2.05) is 12.1 Å². The van der Waals surface area contributed by atoms with Gasteiger partial charge in [-0.1, -0.05) is 18.2 Å². The van der Waals surface area contributed by atoms with Crippen molar-refractivity contribution in [2.45, 2.75) is 31.7 Å². The van der Waals surface area contributed by atoms with E-state index in [2.05, 4.69) is 24.0 Å². The first-order valence-electron chi connectivity index (χ1n) is 6.74. The molecule has 1 saturated heterocycles. The van der Waals surface area contributed by atoms with E-state index in [9.17, 15) is 0 Å². The van der Waals surface area contributed by atoms with Gasteiger partial charge in [0.05, 0.1) is 7.11 Å². The smallest absolute Gasteiger partial charge is 0.122 e. The molecule has 1 aromatic carbocycles. The molecule has 3 nitrogen and oxygen atoms in total. The Morgan fingerprint density at radius 1 is 1.28 bits per heavy atom. The average molecular weight is 248 g/mol. The van der Waals surface area contributed by atoms with Crippen LogP contribution in [-0.4, -0.2) is 37.2 Å². The van der Waals surface area contributed by atoms with Crippen LogP contribution < -0.4 is 10.5 Å². The third-order valence-corrected chi connectivity index (χ3v) is 3.89. The number of rotatable bonds is 4. The molecular weight excluding hydrogens is 224 g/mol. The molecule has 18 heavy (non-hydrogen) atoms. The molecule has 0 saturated carbocycles. The number of para-hydroxylation sites is 1. The maximum atomic E-state index is 6.15. The van der Waals surface area contributed by atoms with E-state index < -0.39 is 0 Å². The molecule has 0 aliphatic carbocycles. The Kier molecular flexibility index (Phi) is 4.25. The summed E-state index contributed by atoms with van der Waals surface area (Å²) in [6.07, 6.45) is 3.24. The van der Waals surface area contributed by atoms with Gasteiger partial charge in [-0.15, -0.1) is 0 Å². The highest BCUT2D eigenvalue weighted by molar-refractivity contribution is 5.33. The average Bonchev–Trinajstić information content (AvgIpc) is 2.38. The molecule has 0 atom stereocenters. The van der Waals surface area contributed by atoms with Crippen molar-refractivity contribution in [2.24, 2.45) is 5.73 Å². The van der Waals surface area contributed by atoms with E-state index in [0.29, 0.717) is 0 Å². The van der Waals surface area contributed by atoms with Crippen LogP contribution in [0.5, 0.6) is 5.75 Å². The molecule has 2 rings (SSSR count). The lowest BCUT2D eigenvalue weighted by Crippen LogP contribution is -2.48. The molecular formula is C15H24N2O. The largest absolute Gasteiger partial charge is 0.496 e. The van der Waals surface area contributed by atoms with Crippen LogP contribution in [0.15, 0.2) is 24.3 Å². The van der Waals surface area contributed by atoms with Crippen molar-refractivity contribution in [2.75, 3.05) is 26.7 Å². The fourth-order valence-electron chi connectivity index (χ4n) is 2.48. The van der Waals surface area contributed by atoms with Gasteiger partial charge in [-0.05, 0) is 50.9 Å². The van der Waals surface area contributed by atoms with Gasteiger partial charge >= 0.3 is 0 Å². The van der Waals surface area contributed by atoms with Crippen LogP contribution in [0, 0.1) is 0 Å². The number of nitrogens with two attached hydrogens (primary N) is 1. The molecule has 1 fully saturated rings. The third kappa shape index (κ3) is 3.47. The Balaban J connectivity index is 1.85. The fourth-order valence-corrected chi connectivity index (χ4v) is 2.48. The molecule has 0 unspecified atom stereocenters. The second-order valence-electron chi connectivity index (χ2n) is 5.56. The number of piperidine rings is 1. The predicted octanol–water partition coefficient (Wildman–Crippen LogP) is 2.05. The summed E-state index contributed by atoms with van der Waals surface area (Å²) in [5, 5.41) is 0. The lowest BCUT2D eigenvalue weighted by atomic mass is 9.91. The molecule has 1 aliphatic heterocycles. The number of nitrogens with zero attached hydrogens (tertiary/aromatic N) is 1. The standard InChI is InChI=1S/C15H24N2O/c1-15(16)8-11-17(12-9-15)10-7-13-5-3-4-6-14(13)18-2/h3-6H,7-12,16H2,1-2H3. The number of hydrogen-bond acceptors (Lipinski definition) is 3. The highest BCUT2D eigenvalue weighted by Gasteiger charge is 2.25.